The molecule has 1 fully saturated rings. The van der Waals surface area contributed by atoms with E-state index >= 15 is 0 Å². The van der Waals surface area contributed by atoms with E-state index in [0.29, 0.717) is 31.2 Å². The molecule has 0 aromatic heterocycles. The summed E-state index contributed by atoms with van der Waals surface area (Å²) < 4.78 is 12.4. The zero-order valence-electron chi connectivity index (χ0n) is 16.6. The molecule has 0 N–H and O–H groups in total. The maximum Gasteiger partial charge on any atom is 0.264 e. The molecule has 0 atom stereocenters. The Kier molecular flexibility index (Phi) is 7.15. The minimum atomic E-state index is -0.210. The van der Waals surface area contributed by atoms with Crippen LogP contribution in [0.1, 0.15) is 29.5 Å². The van der Waals surface area contributed by atoms with Crippen molar-refractivity contribution in [3.05, 3.63) is 62.2 Å². The van der Waals surface area contributed by atoms with E-state index in [1.165, 1.54) is 5.56 Å². The van der Waals surface area contributed by atoms with Gasteiger partial charge < -0.3 is 14.4 Å². The lowest BCUT2D eigenvalue weighted by Gasteiger charge is -2.15. The zero-order chi connectivity index (χ0) is 20.8. The SMILES string of the molecule is COc1cc(/C=C(\C#N)C(=O)N2CCCC2)cc(I)c1OCc1ccc(C)cc1. The summed E-state index contributed by atoms with van der Waals surface area (Å²) in [5.41, 5.74) is 3.14. The normalized spacial score (nSPS) is 13.9. The van der Waals surface area contributed by atoms with E-state index in [-0.39, 0.29) is 11.5 Å². The Morgan fingerprint density at radius 1 is 1.24 bits per heavy atom. The zero-order valence-corrected chi connectivity index (χ0v) is 18.7. The van der Waals surface area contributed by atoms with Crippen molar-refractivity contribution in [2.24, 2.45) is 0 Å². The first-order valence-corrected chi connectivity index (χ1v) is 10.6. The number of likely N-dealkylation sites (tertiary alicyclic amines) is 1. The van der Waals surface area contributed by atoms with Crippen molar-refractivity contribution in [2.75, 3.05) is 20.2 Å². The monoisotopic (exact) mass is 502 g/mol. The molecule has 2 aromatic carbocycles. The molecule has 0 saturated carbocycles. The summed E-state index contributed by atoms with van der Waals surface area (Å²) in [7, 11) is 1.58. The molecule has 3 rings (SSSR count). The van der Waals surface area contributed by atoms with Crippen LogP contribution in [0.3, 0.4) is 0 Å². The summed E-state index contributed by atoms with van der Waals surface area (Å²) in [5, 5.41) is 9.47. The van der Waals surface area contributed by atoms with Gasteiger partial charge in [0.15, 0.2) is 11.5 Å². The average molecular weight is 502 g/mol. The first-order chi connectivity index (χ1) is 14.0. The summed E-state index contributed by atoms with van der Waals surface area (Å²) >= 11 is 2.18. The number of aryl methyl sites for hydroxylation is 1. The number of ether oxygens (including phenoxy) is 2. The third-order valence-electron chi connectivity index (χ3n) is 4.81. The number of nitriles is 1. The Morgan fingerprint density at radius 2 is 1.93 bits per heavy atom. The van der Waals surface area contributed by atoms with E-state index in [0.717, 1.165) is 27.5 Å². The van der Waals surface area contributed by atoms with Gasteiger partial charge in [0.25, 0.3) is 5.91 Å². The second-order valence-electron chi connectivity index (χ2n) is 6.98. The molecule has 0 aliphatic carbocycles. The lowest BCUT2D eigenvalue weighted by Crippen LogP contribution is -2.28. The first kappa shape index (κ1) is 21.2. The van der Waals surface area contributed by atoms with Gasteiger partial charge >= 0.3 is 0 Å². The second kappa shape index (κ2) is 9.79. The van der Waals surface area contributed by atoms with Gasteiger partial charge in [0.2, 0.25) is 0 Å². The van der Waals surface area contributed by atoms with Gasteiger partial charge in [-0.3, -0.25) is 4.79 Å². The van der Waals surface area contributed by atoms with Crippen LogP contribution < -0.4 is 9.47 Å². The van der Waals surface area contributed by atoms with Crippen LogP contribution in [0.4, 0.5) is 0 Å². The molecule has 0 unspecified atom stereocenters. The van der Waals surface area contributed by atoms with Crippen molar-refractivity contribution in [1.29, 1.82) is 5.26 Å². The van der Waals surface area contributed by atoms with Gasteiger partial charge in [0, 0.05) is 13.1 Å². The van der Waals surface area contributed by atoms with Gasteiger partial charge in [-0.1, -0.05) is 29.8 Å². The standard InChI is InChI=1S/C23H23IN2O3/c1-16-5-7-17(8-6-16)15-29-22-20(24)12-18(13-21(22)28-2)11-19(14-25)23(27)26-9-3-4-10-26/h5-8,11-13H,3-4,9-10,15H2,1-2H3/b19-11+. The van der Waals surface area contributed by atoms with Crippen molar-refractivity contribution in [2.45, 2.75) is 26.4 Å². The van der Waals surface area contributed by atoms with Gasteiger partial charge in [-0.05, 0) is 71.7 Å². The highest BCUT2D eigenvalue weighted by Gasteiger charge is 2.22. The molecule has 0 spiro atoms. The number of nitrogens with zero attached hydrogens (tertiary/aromatic N) is 2. The highest BCUT2D eigenvalue weighted by Crippen LogP contribution is 2.35. The Bertz CT molecular complexity index is 955. The van der Waals surface area contributed by atoms with Crippen molar-refractivity contribution < 1.29 is 14.3 Å². The van der Waals surface area contributed by atoms with E-state index in [2.05, 4.69) is 34.7 Å². The quantitative estimate of drug-likeness (QED) is 0.326. The highest BCUT2D eigenvalue weighted by atomic mass is 127. The van der Waals surface area contributed by atoms with Crippen LogP contribution in [-0.2, 0) is 11.4 Å². The van der Waals surface area contributed by atoms with Crippen LogP contribution >= 0.6 is 22.6 Å². The predicted octanol–water partition coefficient (Wildman–Crippen LogP) is 4.72. The molecule has 1 aliphatic rings. The fourth-order valence-electron chi connectivity index (χ4n) is 3.20. The summed E-state index contributed by atoms with van der Waals surface area (Å²) in [4.78, 5) is 14.3. The van der Waals surface area contributed by atoms with E-state index < -0.39 is 0 Å². The number of amides is 1. The van der Waals surface area contributed by atoms with Crippen LogP contribution in [-0.4, -0.2) is 31.0 Å². The molecule has 1 heterocycles. The molecule has 5 nitrogen and oxygen atoms in total. The van der Waals surface area contributed by atoms with E-state index in [1.54, 1.807) is 24.2 Å². The molecule has 29 heavy (non-hydrogen) atoms. The molecule has 6 heteroatoms. The number of hydrogen-bond donors (Lipinski definition) is 0. The van der Waals surface area contributed by atoms with Crippen molar-refractivity contribution >= 4 is 34.6 Å². The minimum absolute atomic E-state index is 0.137. The lowest BCUT2D eigenvalue weighted by molar-refractivity contribution is -0.125. The van der Waals surface area contributed by atoms with E-state index in [9.17, 15) is 10.1 Å². The first-order valence-electron chi connectivity index (χ1n) is 9.48. The number of benzene rings is 2. The number of halogens is 1. The minimum Gasteiger partial charge on any atom is -0.493 e. The molecule has 2 aromatic rings. The molecule has 0 bridgehead atoms. The highest BCUT2D eigenvalue weighted by molar-refractivity contribution is 14.1. The number of rotatable bonds is 6. The van der Waals surface area contributed by atoms with E-state index in [1.807, 2.05) is 31.2 Å². The number of carbonyl (C=O) groups is 1. The molecular formula is C23H23IN2O3. The number of methoxy groups -OCH3 is 1. The molecular weight excluding hydrogens is 479 g/mol. The number of carbonyl (C=O) groups excluding carboxylic acids is 1. The third-order valence-corrected chi connectivity index (χ3v) is 5.61. The maximum atomic E-state index is 12.5. The Labute approximate surface area is 185 Å². The van der Waals surface area contributed by atoms with Gasteiger partial charge in [-0.2, -0.15) is 5.26 Å². The topological polar surface area (TPSA) is 62.6 Å². The van der Waals surface area contributed by atoms with Crippen molar-refractivity contribution in [3.63, 3.8) is 0 Å². The average Bonchev–Trinajstić information content (AvgIpc) is 3.26. The number of hydrogen-bond acceptors (Lipinski definition) is 4. The van der Waals surface area contributed by atoms with Crippen LogP contribution in [0, 0.1) is 21.8 Å². The van der Waals surface area contributed by atoms with E-state index in [4.69, 9.17) is 9.47 Å². The summed E-state index contributed by atoms with van der Waals surface area (Å²) in [6.07, 6.45) is 3.60. The molecule has 1 saturated heterocycles. The van der Waals surface area contributed by atoms with Crippen LogP contribution in [0.15, 0.2) is 42.0 Å². The summed E-state index contributed by atoms with van der Waals surface area (Å²) in [6, 6.07) is 13.9. The Morgan fingerprint density at radius 3 is 2.55 bits per heavy atom. The summed E-state index contributed by atoms with van der Waals surface area (Å²) in [6.45, 7) is 3.90. The van der Waals surface area contributed by atoms with Gasteiger partial charge in [-0.15, -0.1) is 0 Å². The Balaban J connectivity index is 1.82. The van der Waals surface area contributed by atoms with Crippen molar-refractivity contribution in [3.8, 4) is 17.6 Å². The van der Waals surface area contributed by atoms with Crippen molar-refractivity contribution in [1.82, 2.24) is 4.90 Å². The molecule has 150 valence electrons. The largest absolute Gasteiger partial charge is 0.493 e. The molecule has 0 radical (unpaired) electrons. The van der Waals surface area contributed by atoms with Gasteiger partial charge in [0.1, 0.15) is 18.2 Å². The van der Waals surface area contributed by atoms with Crippen LogP contribution in [0.25, 0.3) is 6.08 Å². The molecule has 1 amide bonds. The van der Waals surface area contributed by atoms with Crippen LogP contribution in [0.5, 0.6) is 11.5 Å². The summed E-state index contributed by atoms with van der Waals surface area (Å²) in [5.74, 6) is 1.01. The second-order valence-corrected chi connectivity index (χ2v) is 8.14. The van der Waals surface area contributed by atoms with Gasteiger partial charge in [-0.25, -0.2) is 0 Å². The Hall–Kier alpha value is -2.53. The van der Waals surface area contributed by atoms with Crippen LogP contribution in [0.2, 0.25) is 0 Å². The fraction of sp³-hybridized carbons (Fsp3) is 0.304. The maximum absolute atomic E-state index is 12.5. The fourth-order valence-corrected chi connectivity index (χ4v) is 3.98. The third kappa shape index (κ3) is 5.30. The smallest absolute Gasteiger partial charge is 0.264 e. The predicted molar refractivity (Wildman–Crippen MR) is 121 cm³/mol. The molecule has 1 aliphatic heterocycles. The lowest BCUT2D eigenvalue weighted by atomic mass is 10.1. The van der Waals surface area contributed by atoms with Gasteiger partial charge in [0.05, 0.1) is 10.7 Å².